The molecule has 0 radical (unpaired) electrons. The molecule has 0 N–H and O–H groups in total. The Bertz CT molecular complexity index is 1230. The molecule has 2 amide bonds. The van der Waals surface area contributed by atoms with Gasteiger partial charge >= 0.3 is 0 Å². The molecule has 0 bridgehead atoms. The average molecular weight is 521 g/mol. The molecule has 37 heavy (non-hydrogen) atoms. The zero-order valence-electron chi connectivity index (χ0n) is 21.4. The molecule has 2 heterocycles. The van der Waals surface area contributed by atoms with Gasteiger partial charge in [-0.25, -0.2) is 4.39 Å². The maximum Gasteiger partial charge on any atom is 0.254 e. The monoisotopic (exact) mass is 520 g/mol. The number of thiophene rings is 1. The van der Waals surface area contributed by atoms with Crippen LogP contribution >= 0.6 is 11.3 Å². The van der Waals surface area contributed by atoms with Crippen LogP contribution < -0.4 is 4.74 Å². The molecular weight excluding hydrogens is 487 g/mol. The molecule has 1 aliphatic carbocycles. The highest BCUT2D eigenvalue weighted by Crippen LogP contribution is 2.35. The quantitative estimate of drug-likeness (QED) is 0.344. The number of carbonyl (C=O) groups excluding carboxylic acids is 2. The van der Waals surface area contributed by atoms with E-state index in [1.807, 2.05) is 17.0 Å². The summed E-state index contributed by atoms with van der Waals surface area (Å²) in [5, 5.41) is 2.07. The molecule has 1 aromatic heterocycles. The van der Waals surface area contributed by atoms with E-state index in [9.17, 15) is 14.0 Å². The molecule has 2 aromatic carbocycles. The van der Waals surface area contributed by atoms with Crippen molar-refractivity contribution in [2.24, 2.45) is 5.92 Å². The van der Waals surface area contributed by atoms with Gasteiger partial charge in [-0.2, -0.15) is 0 Å². The molecule has 1 saturated carbocycles. The lowest BCUT2D eigenvalue weighted by atomic mass is 10.00. The van der Waals surface area contributed by atoms with E-state index >= 15 is 0 Å². The summed E-state index contributed by atoms with van der Waals surface area (Å²) < 4.78 is 19.6. The molecule has 3 aromatic rings. The molecule has 1 fully saturated rings. The van der Waals surface area contributed by atoms with E-state index < -0.39 is 0 Å². The van der Waals surface area contributed by atoms with E-state index in [1.165, 1.54) is 34.7 Å². The SMILES string of the molecule is CC(C)c1ccc(OC[C@@H]2c3ccsc3CCN2C(=O)CN(CC2CC2)C(=O)c2ccc(F)cc2)cc1. The maximum atomic E-state index is 13.7. The first-order valence-electron chi connectivity index (χ1n) is 13.0. The Hall–Kier alpha value is -3.19. The van der Waals surface area contributed by atoms with E-state index in [0.717, 1.165) is 30.6 Å². The minimum Gasteiger partial charge on any atom is -0.491 e. The van der Waals surface area contributed by atoms with Crippen LogP contribution in [0.4, 0.5) is 4.39 Å². The van der Waals surface area contributed by atoms with Crippen molar-refractivity contribution in [3.8, 4) is 5.75 Å². The Kier molecular flexibility index (Phi) is 7.60. The van der Waals surface area contributed by atoms with Crippen molar-refractivity contribution in [1.29, 1.82) is 0 Å². The lowest BCUT2D eigenvalue weighted by molar-refractivity contribution is -0.135. The summed E-state index contributed by atoms with van der Waals surface area (Å²) in [5.41, 5.74) is 2.78. The van der Waals surface area contributed by atoms with Crippen LogP contribution in [-0.2, 0) is 11.2 Å². The molecule has 0 saturated heterocycles. The lowest BCUT2D eigenvalue weighted by Gasteiger charge is -2.37. The Morgan fingerprint density at radius 3 is 2.49 bits per heavy atom. The number of amides is 2. The summed E-state index contributed by atoms with van der Waals surface area (Å²) in [5.74, 6) is 0.951. The molecule has 7 heteroatoms. The van der Waals surface area contributed by atoms with Crippen LogP contribution in [0.1, 0.15) is 65.0 Å². The van der Waals surface area contributed by atoms with E-state index in [2.05, 4.69) is 37.4 Å². The van der Waals surface area contributed by atoms with Crippen LogP contribution in [0.25, 0.3) is 0 Å². The van der Waals surface area contributed by atoms with Crippen molar-refractivity contribution in [3.05, 3.63) is 87.4 Å². The lowest BCUT2D eigenvalue weighted by Crippen LogP contribution is -2.48. The predicted octanol–water partition coefficient (Wildman–Crippen LogP) is 6.07. The minimum atomic E-state index is -0.386. The van der Waals surface area contributed by atoms with Crippen LogP contribution in [-0.4, -0.2) is 47.9 Å². The minimum absolute atomic E-state index is 0.00572. The topological polar surface area (TPSA) is 49.9 Å². The Balaban J connectivity index is 1.32. The van der Waals surface area contributed by atoms with Gasteiger partial charge in [-0.3, -0.25) is 9.59 Å². The van der Waals surface area contributed by atoms with Gasteiger partial charge in [-0.05, 0) is 90.1 Å². The smallest absolute Gasteiger partial charge is 0.254 e. The fraction of sp³-hybridized carbons (Fsp3) is 0.400. The van der Waals surface area contributed by atoms with Gasteiger partial charge in [0.05, 0.1) is 6.04 Å². The zero-order valence-corrected chi connectivity index (χ0v) is 22.2. The van der Waals surface area contributed by atoms with E-state index in [0.29, 0.717) is 37.1 Å². The van der Waals surface area contributed by atoms with Gasteiger partial charge in [0, 0.05) is 23.5 Å². The Morgan fingerprint density at radius 1 is 1.08 bits per heavy atom. The number of benzene rings is 2. The van der Waals surface area contributed by atoms with Crippen molar-refractivity contribution >= 4 is 23.2 Å². The summed E-state index contributed by atoms with van der Waals surface area (Å²) in [6, 6.07) is 15.5. The molecule has 5 rings (SSSR count). The average Bonchev–Trinajstić information content (AvgIpc) is 3.59. The molecule has 5 nitrogen and oxygen atoms in total. The first-order valence-corrected chi connectivity index (χ1v) is 13.9. The fourth-order valence-electron chi connectivity index (χ4n) is 4.86. The maximum absolute atomic E-state index is 13.7. The van der Waals surface area contributed by atoms with E-state index in [1.54, 1.807) is 16.2 Å². The van der Waals surface area contributed by atoms with Crippen molar-refractivity contribution in [1.82, 2.24) is 9.80 Å². The highest BCUT2D eigenvalue weighted by molar-refractivity contribution is 7.10. The summed E-state index contributed by atoms with van der Waals surface area (Å²) in [6.07, 6.45) is 2.93. The zero-order chi connectivity index (χ0) is 25.9. The standard InChI is InChI=1S/C30H33FN2O3S/c1-20(2)22-7-11-25(12-8-22)36-19-27-26-14-16-37-28(26)13-15-33(27)29(34)18-32(17-21-3-4-21)30(35)23-5-9-24(31)10-6-23/h5-12,14,16,20-21,27H,3-4,13,15,17-19H2,1-2H3/t27-/m1/s1. The number of hydrogen-bond acceptors (Lipinski definition) is 4. The number of ether oxygens (including phenoxy) is 1. The second-order valence-electron chi connectivity index (χ2n) is 10.3. The normalized spacial score (nSPS) is 17.0. The third-order valence-corrected chi connectivity index (χ3v) is 8.25. The predicted molar refractivity (Wildman–Crippen MR) is 144 cm³/mol. The molecule has 2 aliphatic rings. The van der Waals surface area contributed by atoms with Crippen LogP contribution in [0.15, 0.2) is 60.0 Å². The summed E-state index contributed by atoms with van der Waals surface area (Å²) in [6.45, 7) is 5.81. The van der Waals surface area contributed by atoms with Gasteiger partial charge in [-0.15, -0.1) is 11.3 Å². The number of carbonyl (C=O) groups is 2. The third-order valence-electron chi connectivity index (χ3n) is 7.25. The van der Waals surface area contributed by atoms with Gasteiger partial charge in [0.2, 0.25) is 5.91 Å². The summed E-state index contributed by atoms with van der Waals surface area (Å²) in [4.78, 5) is 31.8. The van der Waals surface area contributed by atoms with Gasteiger partial charge < -0.3 is 14.5 Å². The van der Waals surface area contributed by atoms with Crippen molar-refractivity contribution in [2.75, 3.05) is 26.2 Å². The number of fused-ring (bicyclic) bond motifs is 1. The third kappa shape index (κ3) is 6.04. The molecule has 1 aliphatic heterocycles. The van der Waals surface area contributed by atoms with Crippen LogP contribution in [0.2, 0.25) is 0 Å². The van der Waals surface area contributed by atoms with Crippen LogP contribution in [0.5, 0.6) is 5.75 Å². The first-order chi connectivity index (χ1) is 17.9. The Morgan fingerprint density at radius 2 is 1.81 bits per heavy atom. The van der Waals surface area contributed by atoms with Gasteiger partial charge in [0.1, 0.15) is 24.7 Å². The number of rotatable bonds is 9. The van der Waals surface area contributed by atoms with Gasteiger partial charge in [0.15, 0.2) is 0 Å². The largest absolute Gasteiger partial charge is 0.491 e. The number of halogens is 1. The summed E-state index contributed by atoms with van der Waals surface area (Å²) in [7, 11) is 0. The van der Waals surface area contributed by atoms with Gasteiger partial charge in [-0.1, -0.05) is 26.0 Å². The number of hydrogen-bond donors (Lipinski definition) is 0. The van der Waals surface area contributed by atoms with Crippen LogP contribution in [0.3, 0.4) is 0 Å². The molecule has 0 spiro atoms. The highest BCUT2D eigenvalue weighted by atomic mass is 32.1. The molecular formula is C30H33FN2O3S. The molecule has 194 valence electrons. The van der Waals surface area contributed by atoms with Gasteiger partial charge in [0.25, 0.3) is 5.91 Å². The van der Waals surface area contributed by atoms with Crippen molar-refractivity contribution in [2.45, 2.75) is 45.1 Å². The Labute approximate surface area is 221 Å². The fourth-order valence-corrected chi connectivity index (χ4v) is 5.79. The second-order valence-corrected chi connectivity index (χ2v) is 11.3. The molecule has 0 unspecified atom stereocenters. The first kappa shape index (κ1) is 25.5. The number of nitrogens with zero attached hydrogens (tertiary/aromatic N) is 2. The highest BCUT2D eigenvalue weighted by Gasteiger charge is 2.35. The summed E-state index contributed by atoms with van der Waals surface area (Å²) >= 11 is 1.71. The van der Waals surface area contributed by atoms with Crippen molar-refractivity contribution in [3.63, 3.8) is 0 Å². The molecule has 1 atom stereocenters. The van der Waals surface area contributed by atoms with Crippen LogP contribution in [0, 0.1) is 11.7 Å². The van der Waals surface area contributed by atoms with E-state index in [-0.39, 0.29) is 30.2 Å². The van der Waals surface area contributed by atoms with E-state index in [4.69, 9.17) is 4.74 Å². The second kappa shape index (κ2) is 11.1. The van der Waals surface area contributed by atoms with Crippen molar-refractivity contribution < 1.29 is 18.7 Å².